The molecule has 1 unspecified atom stereocenters. The maximum atomic E-state index is 11.0. The van der Waals surface area contributed by atoms with Gasteiger partial charge < -0.3 is 15.7 Å². The highest BCUT2D eigenvalue weighted by molar-refractivity contribution is 5.76. The van der Waals surface area contributed by atoms with E-state index in [9.17, 15) is 15.2 Å². The Labute approximate surface area is 106 Å². The molecule has 3 N–H and O–H groups in total. The van der Waals surface area contributed by atoms with E-state index in [4.69, 9.17) is 0 Å². The third-order valence-electron chi connectivity index (χ3n) is 2.76. The van der Waals surface area contributed by atoms with Gasteiger partial charge in [0.05, 0.1) is 11.0 Å². The van der Waals surface area contributed by atoms with Gasteiger partial charge in [0.2, 0.25) is 0 Å². The van der Waals surface area contributed by atoms with Gasteiger partial charge in [-0.25, -0.2) is 0 Å². The largest absolute Gasteiger partial charge is 0.391 e. The molecule has 0 heterocycles. The first-order chi connectivity index (χ1) is 8.47. The number of hydrogen-bond donors (Lipinski definition) is 3. The van der Waals surface area contributed by atoms with Crippen LogP contribution >= 0.6 is 0 Å². The molecule has 18 heavy (non-hydrogen) atoms. The lowest BCUT2D eigenvalue weighted by molar-refractivity contribution is -0.383. The summed E-state index contributed by atoms with van der Waals surface area (Å²) in [6, 6.07) is 5.00. The maximum Gasteiger partial charge on any atom is 0.315 e. The molecule has 1 atom stereocenters. The molecule has 0 saturated carbocycles. The number of nitro benzene ring substituents is 1. The first kappa shape index (κ1) is 14.2. The molecule has 1 aromatic rings. The molecule has 1 rings (SSSR count). The number of nitrogens with zero attached hydrogens (tertiary/aromatic N) is 1. The van der Waals surface area contributed by atoms with Crippen molar-refractivity contribution in [1.82, 2.24) is 0 Å². The molecular weight excluding hydrogens is 234 g/mol. The van der Waals surface area contributed by atoms with Gasteiger partial charge in [-0.1, -0.05) is 19.9 Å². The normalized spacial score (nSPS) is 12.3. The van der Waals surface area contributed by atoms with E-state index in [1.54, 1.807) is 25.2 Å². The van der Waals surface area contributed by atoms with Crippen LogP contribution in [0.4, 0.5) is 17.1 Å². The highest BCUT2D eigenvalue weighted by Crippen LogP contribution is 2.32. The van der Waals surface area contributed by atoms with Crippen LogP contribution in [0.2, 0.25) is 0 Å². The van der Waals surface area contributed by atoms with Crippen LogP contribution in [-0.2, 0) is 0 Å². The number of nitro groups is 1. The van der Waals surface area contributed by atoms with Crippen molar-refractivity contribution in [3.63, 3.8) is 0 Å². The molecule has 0 aliphatic heterocycles. The van der Waals surface area contributed by atoms with E-state index >= 15 is 0 Å². The molecule has 0 aromatic heterocycles. The van der Waals surface area contributed by atoms with E-state index in [-0.39, 0.29) is 18.2 Å². The predicted octanol–water partition coefficient (Wildman–Crippen LogP) is 2.07. The van der Waals surface area contributed by atoms with Gasteiger partial charge in [0.25, 0.3) is 0 Å². The third-order valence-corrected chi connectivity index (χ3v) is 2.76. The number of aliphatic hydroxyl groups excluding tert-OH is 1. The molecular formula is C12H19N3O3. The van der Waals surface area contributed by atoms with Crippen molar-refractivity contribution in [2.24, 2.45) is 5.92 Å². The summed E-state index contributed by atoms with van der Waals surface area (Å²) in [6.07, 6.45) is -0.539. The molecule has 0 aliphatic carbocycles. The minimum absolute atomic E-state index is 0.00374. The Morgan fingerprint density at radius 1 is 1.39 bits per heavy atom. The van der Waals surface area contributed by atoms with Crippen molar-refractivity contribution in [3.05, 3.63) is 28.3 Å². The van der Waals surface area contributed by atoms with Crippen LogP contribution in [0.5, 0.6) is 0 Å². The minimum atomic E-state index is -0.539. The monoisotopic (exact) mass is 253 g/mol. The molecule has 0 aliphatic rings. The predicted molar refractivity (Wildman–Crippen MR) is 72.0 cm³/mol. The number of aliphatic hydroxyl groups is 1. The molecule has 0 fully saturated rings. The zero-order chi connectivity index (χ0) is 13.7. The summed E-state index contributed by atoms with van der Waals surface area (Å²) in [5.41, 5.74) is 0.853. The number of rotatable bonds is 6. The van der Waals surface area contributed by atoms with E-state index in [1.807, 2.05) is 13.8 Å². The van der Waals surface area contributed by atoms with E-state index in [0.717, 1.165) is 0 Å². The lowest BCUT2D eigenvalue weighted by Crippen LogP contribution is -2.25. The zero-order valence-electron chi connectivity index (χ0n) is 10.8. The Morgan fingerprint density at radius 2 is 2.00 bits per heavy atom. The zero-order valence-corrected chi connectivity index (χ0v) is 10.8. The van der Waals surface area contributed by atoms with Crippen molar-refractivity contribution in [2.75, 3.05) is 24.2 Å². The van der Waals surface area contributed by atoms with Crippen molar-refractivity contribution >= 4 is 17.1 Å². The second-order valence-corrected chi connectivity index (χ2v) is 4.40. The Kier molecular flexibility index (Phi) is 4.91. The molecule has 0 spiro atoms. The van der Waals surface area contributed by atoms with Crippen LogP contribution in [-0.4, -0.2) is 29.7 Å². The van der Waals surface area contributed by atoms with Gasteiger partial charge in [0.1, 0.15) is 11.4 Å². The Morgan fingerprint density at radius 3 is 2.50 bits per heavy atom. The average Bonchev–Trinajstić information content (AvgIpc) is 2.34. The number of nitrogens with one attached hydrogen (secondary N) is 2. The Hall–Kier alpha value is -1.82. The molecule has 0 amide bonds. The van der Waals surface area contributed by atoms with Gasteiger partial charge in [-0.3, -0.25) is 10.1 Å². The fourth-order valence-electron chi connectivity index (χ4n) is 1.53. The SMILES string of the molecule is CNc1cccc(NCC(O)C(C)C)c1[N+](=O)[O-]. The summed E-state index contributed by atoms with van der Waals surface area (Å²) < 4.78 is 0. The van der Waals surface area contributed by atoms with Gasteiger partial charge in [-0.2, -0.15) is 0 Å². The molecule has 100 valence electrons. The summed E-state index contributed by atoms with van der Waals surface area (Å²) >= 11 is 0. The molecule has 0 radical (unpaired) electrons. The van der Waals surface area contributed by atoms with Crippen molar-refractivity contribution < 1.29 is 10.0 Å². The number of benzene rings is 1. The van der Waals surface area contributed by atoms with Crippen LogP contribution in [0.15, 0.2) is 18.2 Å². The molecule has 0 saturated heterocycles. The van der Waals surface area contributed by atoms with Gasteiger partial charge in [0.15, 0.2) is 0 Å². The van der Waals surface area contributed by atoms with Crippen LogP contribution in [0.1, 0.15) is 13.8 Å². The number of para-hydroxylation sites is 1. The van der Waals surface area contributed by atoms with Gasteiger partial charge in [-0.05, 0) is 18.1 Å². The lowest BCUT2D eigenvalue weighted by Gasteiger charge is -2.16. The topological polar surface area (TPSA) is 87.4 Å². The van der Waals surface area contributed by atoms with Crippen LogP contribution in [0, 0.1) is 16.0 Å². The quantitative estimate of drug-likeness (QED) is 0.533. The van der Waals surface area contributed by atoms with Crippen molar-refractivity contribution in [3.8, 4) is 0 Å². The van der Waals surface area contributed by atoms with E-state index in [1.165, 1.54) is 0 Å². The summed E-state index contributed by atoms with van der Waals surface area (Å²) in [5.74, 6) is 0.101. The summed E-state index contributed by atoms with van der Waals surface area (Å²) in [5, 5.41) is 26.4. The van der Waals surface area contributed by atoms with E-state index in [0.29, 0.717) is 11.4 Å². The van der Waals surface area contributed by atoms with E-state index in [2.05, 4.69) is 10.6 Å². The molecule has 1 aromatic carbocycles. The Balaban J connectivity index is 2.91. The van der Waals surface area contributed by atoms with Gasteiger partial charge >= 0.3 is 5.69 Å². The summed E-state index contributed by atoms with van der Waals surface area (Å²) in [7, 11) is 1.63. The summed E-state index contributed by atoms with van der Waals surface area (Å²) in [4.78, 5) is 10.6. The smallest absolute Gasteiger partial charge is 0.315 e. The second-order valence-electron chi connectivity index (χ2n) is 4.40. The maximum absolute atomic E-state index is 11.0. The standard InChI is InChI=1S/C12H19N3O3/c1-8(2)11(16)7-14-10-6-4-5-9(13-3)12(10)15(17)18/h4-6,8,11,13-14,16H,7H2,1-3H3. The number of hydrogen-bond acceptors (Lipinski definition) is 5. The molecule has 0 bridgehead atoms. The highest BCUT2D eigenvalue weighted by Gasteiger charge is 2.19. The molecule has 6 nitrogen and oxygen atoms in total. The van der Waals surface area contributed by atoms with Gasteiger partial charge in [-0.15, -0.1) is 0 Å². The fraction of sp³-hybridized carbons (Fsp3) is 0.500. The van der Waals surface area contributed by atoms with E-state index < -0.39 is 11.0 Å². The first-order valence-corrected chi connectivity index (χ1v) is 5.84. The minimum Gasteiger partial charge on any atom is -0.391 e. The first-order valence-electron chi connectivity index (χ1n) is 5.84. The van der Waals surface area contributed by atoms with Crippen LogP contribution < -0.4 is 10.6 Å². The number of anilines is 2. The average molecular weight is 253 g/mol. The van der Waals surface area contributed by atoms with Crippen molar-refractivity contribution in [2.45, 2.75) is 20.0 Å². The van der Waals surface area contributed by atoms with Gasteiger partial charge in [0, 0.05) is 13.6 Å². The third kappa shape index (κ3) is 3.33. The second kappa shape index (κ2) is 6.20. The van der Waals surface area contributed by atoms with Crippen molar-refractivity contribution in [1.29, 1.82) is 0 Å². The van der Waals surface area contributed by atoms with Crippen LogP contribution in [0.25, 0.3) is 0 Å². The summed E-state index contributed by atoms with van der Waals surface area (Å²) in [6.45, 7) is 4.07. The fourth-order valence-corrected chi connectivity index (χ4v) is 1.53. The lowest BCUT2D eigenvalue weighted by atomic mass is 10.1. The highest BCUT2D eigenvalue weighted by atomic mass is 16.6. The molecule has 6 heteroatoms. The Bertz CT molecular complexity index is 421. The van der Waals surface area contributed by atoms with Crippen LogP contribution in [0.3, 0.4) is 0 Å².